The van der Waals surface area contributed by atoms with Crippen LogP contribution in [0.15, 0.2) is 35.1 Å². The minimum atomic E-state index is 0.567. The molecule has 5 heteroatoms. The van der Waals surface area contributed by atoms with Gasteiger partial charge < -0.3 is 10.1 Å². The van der Waals surface area contributed by atoms with Gasteiger partial charge in [0, 0.05) is 18.1 Å². The van der Waals surface area contributed by atoms with Crippen LogP contribution in [-0.4, -0.2) is 17.1 Å². The Kier molecular flexibility index (Phi) is 3.58. The van der Waals surface area contributed by atoms with E-state index in [1.165, 1.54) is 0 Å². The summed E-state index contributed by atoms with van der Waals surface area (Å²) in [6, 6.07) is 5.83. The van der Waals surface area contributed by atoms with E-state index in [2.05, 4.69) is 31.2 Å². The molecule has 0 saturated carbocycles. The van der Waals surface area contributed by atoms with E-state index in [4.69, 9.17) is 4.74 Å². The maximum atomic E-state index is 5.20. The number of aromatic nitrogens is 2. The van der Waals surface area contributed by atoms with Gasteiger partial charge in [0.1, 0.15) is 5.75 Å². The molecular weight excluding hydrogens is 282 g/mol. The van der Waals surface area contributed by atoms with Gasteiger partial charge in [-0.3, -0.25) is 0 Å². The molecule has 1 aromatic carbocycles. The van der Waals surface area contributed by atoms with Gasteiger partial charge in [-0.05, 0) is 46.6 Å². The molecular formula is C12H12BrN3O. The van der Waals surface area contributed by atoms with Crippen LogP contribution in [0.4, 0.5) is 11.6 Å². The lowest BCUT2D eigenvalue weighted by atomic mass is 10.2. The van der Waals surface area contributed by atoms with E-state index < -0.39 is 0 Å². The van der Waals surface area contributed by atoms with Crippen LogP contribution in [0, 0.1) is 6.92 Å². The van der Waals surface area contributed by atoms with Gasteiger partial charge in [0.25, 0.3) is 0 Å². The summed E-state index contributed by atoms with van der Waals surface area (Å²) in [5.74, 6) is 1.44. The molecule has 17 heavy (non-hydrogen) atoms. The smallest absolute Gasteiger partial charge is 0.227 e. The maximum Gasteiger partial charge on any atom is 0.227 e. The third-order valence-electron chi connectivity index (χ3n) is 2.27. The van der Waals surface area contributed by atoms with Crippen molar-refractivity contribution in [3.63, 3.8) is 0 Å². The monoisotopic (exact) mass is 293 g/mol. The third-order valence-corrected chi connectivity index (χ3v) is 2.68. The number of hydrogen-bond acceptors (Lipinski definition) is 4. The molecule has 0 amide bonds. The minimum absolute atomic E-state index is 0.567. The zero-order chi connectivity index (χ0) is 12.3. The molecule has 0 unspecified atom stereocenters. The van der Waals surface area contributed by atoms with Crippen molar-refractivity contribution in [2.24, 2.45) is 0 Å². The second-order valence-electron chi connectivity index (χ2n) is 3.53. The summed E-state index contributed by atoms with van der Waals surface area (Å²) < 4.78 is 6.06. The molecule has 1 heterocycles. The Balaban J connectivity index is 2.19. The molecule has 1 N–H and O–H groups in total. The van der Waals surface area contributed by atoms with Gasteiger partial charge in [0.15, 0.2) is 0 Å². The van der Waals surface area contributed by atoms with Crippen LogP contribution in [0.5, 0.6) is 5.75 Å². The van der Waals surface area contributed by atoms with Crippen molar-refractivity contribution < 1.29 is 4.74 Å². The number of ether oxygens (including phenoxy) is 1. The standard InChI is InChI=1S/C12H12BrN3O/c1-8-5-10(3-4-11(8)17-2)16-12-14-6-9(13)7-15-12/h3-7H,1-2H3,(H,14,15,16). The van der Waals surface area contributed by atoms with Crippen LogP contribution >= 0.6 is 15.9 Å². The van der Waals surface area contributed by atoms with E-state index in [0.29, 0.717) is 5.95 Å². The number of anilines is 2. The number of nitrogens with zero attached hydrogens (tertiary/aromatic N) is 2. The minimum Gasteiger partial charge on any atom is -0.496 e. The fourth-order valence-corrected chi connectivity index (χ4v) is 1.67. The van der Waals surface area contributed by atoms with Crippen molar-refractivity contribution in [2.75, 3.05) is 12.4 Å². The van der Waals surface area contributed by atoms with Crippen LogP contribution in [-0.2, 0) is 0 Å². The number of methoxy groups -OCH3 is 1. The molecule has 2 aromatic rings. The van der Waals surface area contributed by atoms with E-state index in [1.807, 2.05) is 25.1 Å². The highest BCUT2D eigenvalue weighted by Gasteiger charge is 2.01. The number of aryl methyl sites for hydroxylation is 1. The molecule has 0 saturated heterocycles. The highest BCUT2D eigenvalue weighted by atomic mass is 79.9. The lowest BCUT2D eigenvalue weighted by molar-refractivity contribution is 0.412. The first-order valence-electron chi connectivity index (χ1n) is 5.08. The van der Waals surface area contributed by atoms with Gasteiger partial charge in [-0.25, -0.2) is 9.97 Å². The van der Waals surface area contributed by atoms with Gasteiger partial charge in [-0.2, -0.15) is 0 Å². The fraction of sp³-hybridized carbons (Fsp3) is 0.167. The first-order chi connectivity index (χ1) is 8.19. The predicted molar refractivity (Wildman–Crippen MR) is 70.7 cm³/mol. The van der Waals surface area contributed by atoms with Crippen molar-refractivity contribution in [2.45, 2.75) is 6.92 Å². The molecule has 0 fully saturated rings. The maximum absolute atomic E-state index is 5.20. The number of rotatable bonds is 3. The number of halogens is 1. The molecule has 0 radical (unpaired) electrons. The summed E-state index contributed by atoms with van der Waals surface area (Å²) in [7, 11) is 1.66. The molecule has 0 aliphatic carbocycles. The molecule has 0 spiro atoms. The molecule has 0 atom stereocenters. The van der Waals surface area contributed by atoms with Crippen LogP contribution < -0.4 is 10.1 Å². The Morgan fingerprint density at radius 3 is 2.53 bits per heavy atom. The highest BCUT2D eigenvalue weighted by molar-refractivity contribution is 9.10. The van der Waals surface area contributed by atoms with Gasteiger partial charge in [-0.1, -0.05) is 0 Å². The zero-order valence-electron chi connectivity index (χ0n) is 9.57. The summed E-state index contributed by atoms with van der Waals surface area (Å²) in [5, 5.41) is 3.12. The van der Waals surface area contributed by atoms with Crippen molar-refractivity contribution in [1.29, 1.82) is 0 Å². The number of nitrogens with one attached hydrogen (secondary N) is 1. The summed E-state index contributed by atoms with van der Waals surface area (Å²) in [6.07, 6.45) is 3.40. The lowest BCUT2D eigenvalue weighted by Crippen LogP contribution is -1.97. The normalized spacial score (nSPS) is 10.1. The fourth-order valence-electron chi connectivity index (χ4n) is 1.46. The summed E-state index contributed by atoms with van der Waals surface area (Å²) in [4.78, 5) is 8.29. The van der Waals surface area contributed by atoms with Crippen LogP contribution in [0.25, 0.3) is 0 Å². The summed E-state index contributed by atoms with van der Waals surface area (Å²) in [5.41, 5.74) is 2.00. The van der Waals surface area contributed by atoms with Crippen LogP contribution in [0.3, 0.4) is 0 Å². The second kappa shape index (κ2) is 5.14. The van der Waals surface area contributed by atoms with Gasteiger partial charge >= 0.3 is 0 Å². The van der Waals surface area contributed by atoms with E-state index in [-0.39, 0.29) is 0 Å². The molecule has 0 aliphatic rings. The van der Waals surface area contributed by atoms with Gasteiger partial charge in [-0.15, -0.1) is 0 Å². The molecule has 88 valence electrons. The first kappa shape index (κ1) is 11.9. The van der Waals surface area contributed by atoms with Crippen LogP contribution in [0.2, 0.25) is 0 Å². The summed E-state index contributed by atoms with van der Waals surface area (Å²) >= 11 is 3.29. The Hall–Kier alpha value is -1.62. The summed E-state index contributed by atoms with van der Waals surface area (Å²) in [6.45, 7) is 1.99. The van der Waals surface area contributed by atoms with E-state index in [9.17, 15) is 0 Å². The molecule has 2 rings (SSSR count). The SMILES string of the molecule is COc1ccc(Nc2ncc(Br)cn2)cc1C. The topological polar surface area (TPSA) is 47.0 Å². The van der Waals surface area contributed by atoms with Gasteiger partial charge in [0.05, 0.1) is 11.6 Å². The Labute approximate surface area is 108 Å². The molecule has 0 bridgehead atoms. The number of hydrogen-bond donors (Lipinski definition) is 1. The zero-order valence-corrected chi connectivity index (χ0v) is 11.2. The largest absolute Gasteiger partial charge is 0.496 e. The van der Waals surface area contributed by atoms with Crippen molar-refractivity contribution in [1.82, 2.24) is 9.97 Å². The lowest BCUT2D eigenvalue weighted by Gasteiger charge is -2.08. The number of benzene rings is 1. The quantitative estimate of drug-likeness (QED) is 0.943. The molecule has 4 nitrogen and oxygen atoms in total. The molecule has 0 aliphatic heterocycles. The van der Waals surface area contributed by atoms with Crippen molar-refractivity contribution in [3.05, 3.63) is 40.6 Å². The Bertz CT molecular complexity index is 514. The second-order valence-corrected chi connectivity index (χ2v) is 4.45. The van der Waals surface area contributed by atoms with E-state index in [0.717, 1.165) is 21.5 Å². The Morgan fingerprint density at radius 2 is 1.94 bits per heavy atom. The van der Waals surface area contributed by atoms with Crippen LogP contribution in [0.1, 0.15) is 5.56 Å². The van der Waals surface area contributed by atoms with E-state index >= 15 is 0 Å². The van der Waals surface area contributed by atoms with Gasteiger partial charge in [0.2, 0.25) is 5.95 Å². The first-order valence-corrected chi connectivity index (χ1v) is 5.87. The van der Waals surface area contributed by atoms with E-state index in [1.54, 1.807) is 19.5 Å². The highest BCUT2D eigenvalue weighted by Crippen LogP contribution is 2.23. The third kappa shape index (κ3) is 2.94. The van der Waals surface area contributed by atoms with Crippen molar-refractivity contribution >= 4 is 27.6 Å². The average molecular weight is 294 g/mol. The molecule has 1 aromatic heterocycles. The Morgan fingerprint density at radius 1 is 1.24 bits per heavy atom. The predicted octanol–water partition coefficient (Wildman–Crippen LogP) is 3.30. The average Bonchev–Trinajstić information content (AvgIpc) is 2.32. The van der Waals surface area contributed by atoms with Crippen molar-refractivity contribution in [3.8, 4) is 5.75 Å².